The van der Waals surface area contributed by atoms with Gasteiger partial charge in [-0.3, -0.25) is 0 Å². The SMILES string of the molecule is BrCc1ccc(OCCC2CCCO2)cc1. The molecule has 2 nitrogen and oxygen atoms in total. The van der Waals surface area contributed by atoms with Crippen LogP contribution in [0, 0.1) is 0 Å². The van der Waals surface area contributed by atoms with Crippen molar-refractivity contribution in [2.75, 3.05) is 13.2 Å². The van der Waals surface area contributed by atoms with Crippen LogP contribution in [0.3, 0.4) is 0 Å². The van der Waals surface area contributed by atoms with Crippen LogP contribution >= 0.6 is 15.9 Å². The molecule has 1 aromatic carbocycles. The van der Waals surface area contributed by atoms with Crippen molar-refractivity contribution in [3.8, 4) is 5.75 Å². The minimum atomic E-state index is 0.418. The van der Waals surface area contributed by atoms with Gasteiger partial charge in [-0.05, 0) is 30.5 Å². The van der Waals surface area contributed by atoms with Gasteiger partial charge in [-0.25, -0.2) is 0 Å². The first-order valence-electron chi connectivity index (χ1n) is 5.78. The molecule has 1 heterocycles. The van der Waals surface area contributed by atoms with E-state index in [-0.39, 0.29) is 0 Å². The summed E-state index contributed by atoms with van der Waals surface area (Å²) in [4.78, 5) is 0. The van der Waals surface area contributed by atoms with Crippen LogP contribution < -0.4 is 4.74 Å². The molecule has 1 fully saturated rings. The van der Waals surface area contributed by atoms with Crippen molar-refractivity contribution in [3.63, 3.8) is 0 Å². The molecule has 0 spiro atoms. The van der Waals surface area contributed by atoms with Crippen LogP contribution in [-0.4, -0.2) is 19.3 Å². The highest BCUT2D eigenvalue weighted by Crippen LogP contribution is 2.17. The van der Waals surface area contributed by atoms with Gasteiger partial charge in [0.15, 0.2) is 0 Å². The second kappa shape index (κ2) is 6.26. The average molecular weight is 285 g/mol. The van der Waals surface area contributed by atoms with Gasteiger partial charge in [0.25, 0.3) is 0 Å². The summed E-state index contributed by atoms with van der Waals surface area (Å²) in [6.45, 7) is 1.67. The zero-order valence-corrected chi connectivity index (χ0v) is 10.9. The van der Waals surface area contributed by atoms with E-state index in [1.807, 2.05) is 12.1 Å². The lowest BCUT2D eigenvalue weighted by atomic mass is 10.2. The van der Waals surface area contributed by atoms with Crippen molar-refractivity contribution in [3.05, 3.63) is 29.8 Å². The molecule has 2 rings (SSSR count). The van der Waals surface area contributed by atoms with E-state index in [2.05, 4.69) is 28.1 Å². The summed E-state index contributed by atoms with van der Waals surface area (Å²) >= 11 is 3.42. The molecule has 1 saturated heterocycles. The van der Waals surface area contributed by atoms with E-state index in [4.69, 9.17) is 9.47 Å². The monoisotopic (exact) mass is 284 g/mol. The highest BCUT2D eigenvalue weighted by Gasteiger charge is 2.14. The Labute approximate surface area is 105 Å². The van der Waals surface area contributed by atoms with Crippen molar-refractivity contribution in [1.82, 2.24) is 0 Å². The normalized spacial score (nSPS) is 19.9. The molecule has 0 saturated carbocycles. The first kappa shape index (κ1) is 11.9. The number of benzene rings is 1. The quantitative estimate of drug-likeness (QED) is 0.770. The fraction of sp³-hybridized carbons (Fsp3) is 0.538. The Morgan fingerprint density at radius 3 is 2.75 bits per heavy atom. The van der Waals surface area contributed by atoms with Crippen LogP contribution in [0.15, 0.2) is 24.3 Å². The third-order valence-corrected chi connectivity index (χ3v) is 3.46. The summed E-state index contributed by atoms with van der Waals surface area (Å²) < 4.78 is 11.2. The predicted molar refractivity (Wildman–Crippen MR) is 68.2 cm³/mol. The van der Waals surface area contributed by atoms with E-state index in [1.54, 1.807) is 0 Å². The van der Waals surface area contributed by atoms with E-state index in [0.29, 0.717) is 6.10 Å². The predicted octanol–water partition coefficient (Wildman–Crippen LogP) is 3.53. The highest BCUT2D eigenvalue weighted by atomic mass is 79.9. The molecule has 0 radical (unpaired) electrons. The van der Waals surface area contributed by atoms with Crippen molar-refractivity contribution in [2.24, 2.45) is 0 Å². The molecule has 1 aliphatic heterocycles. The lowest BCUT2D eigenvalue weighted by Crippen LogP contribution is -2.10. The number of alkyl halides is 1. The van der Waals surface area contributed by atoms with E-state index in [9.17, 15) is 0 Å². The van der Waals surface area contributed by atoms with Gasteiger partial charge in [0, 0.05) is 18.4 Å². The average Bonchev–Trinajstić information content (AvgIpc) is 2.83. The third-order valence-electron chi connectivity index (χ3n) is 2.81. The fourth-order valence-corrected chi connectivity index (χ4v) is 2.23. The van der Waals surface area contributed by atoms with E-state index in [1.165, 1.54) is 18.4 Å². The Balaban J connectivity index is 1.71. The van der Waals surface area contributed by atoms with Gasteiger partial charge in [0.05, 0.1) is 12.7 Å². The molecule has 0 aliphatic carbocycles. The minimum absolute atomic E-state index is 0.418. The smallest absolute Gasteiger partial charge is 0.119 e. The Morgan fingerprint density at radius 2 is 2.12 bits per heavy atom. The maximum Gasteiger partial charge on any atom is 0.119 e. The molecule has 1 atom stereocenters. The van der Waals surface area contributed by atoms with Gasteiger partial charge in [0.1, 0.15) is 5.75 Å². The summed E-state index contributed by atoms with van der Waals surface area (Å²) in [6, 6.07) is 8.20. The Hall–Kier alpha value is -0.540. The summed E-state index contributed by atoms with van der Waals surface area (Å²) in [5, 5.41) is 0.892. The molecule has 0 bridgehead atoms. The van der Waals surface area contributed by atoms with E-state index < -0.39 is 0 Å². The second-order valence-corrected chi connectivity index (χ2v) is 4.61. The molecule has 0 aromatic heterocycles. The molecule has 1 aliphatic rings. The van der Waals surface area contributed by atoms with Gasteiger partial charge in [-0.1, -0.05) is 28.1 Å². The molecule has 3 heteroatoms. The Bertz CT molecular complexity index is 304. The van der Waals surface area contributed by atoms with Gasteiger partial charge in [-0.2, -0.15) is 0 Å². The van der Waals surface area contributed by atoms with Crippen molar-refractivity contribution in [1.29, 1.82) is 0 Å². The second-order valence-electron chi connectivity index (χ2n) is 4.05. The van der Waals surface area contributed by atoms with Gasteiger partial charge < -0.3 is 9.47 Å². The van der Waals surface area contributed by atoms with Gasteiger partial charge >= 0.3 is 0 Å². The topological polar surface area (TPSA) is 18.5 Å². The van der Waals surface area contributed by atoms with Crippen LogP contribution in [0.5, 0.6) is 5.75 Å². The molecule has 1 unspecified atom stereocenters. The zero-order valence-electron chi connectivity index (χ0n) is 9.32. The van der Waals surface area contributed by atoms with Gasteiger partial charge in [-0.15, -0.1) is 0 Å². The minimum Gasteiger partial charge on any atom is -0.493 e. The molecule has 0 N–H and O–H groups in total. The van der Waals surface area contributed by atoms with Crippen LogP contribution in [-0.2, 0) is 10.1 Å². The first-order chi connectivity index (χ1) is 7.88. The number of rotatable bonds is 5. The number of halogens is 1. The highest BCUT2D eigenvalue weighted by molar-refractivity contribution is 9.08. The maximum absolute atomic E-state index is 5.67. The maximum atomic E-state index is 5.67. The first-order valence-corrected chi connectivity index (χ1v) is 6.90. The lowest BCUT2D eigenvalue weighted by Gasteiger charge is -2.10. The van der Waals surface area contributed by atoms with Crippen LogP contribution in [0.4, 0.5) is 0 Å². The largest absolute Gasteiger partial charge is 0.493 e. The summed E-state index contributed by atoms with van der Waals surface area (Å²) in [5.74, 6) is 0.947. The van der Waals surface area contributed by atoms with E-state index >= 15 is 0 Å². The Kier molecular flexibility index (Phi) is 4.67. The van der Waals surface area contributed by atoms with Crippen molar-refractivity contribution < 1.29 is 9.47 Å². The fourth-order valence-electron chi connectivity index (χ4n) is 1.85. The molecule has 1 aromatic rings. The van der Waals surface area contributed by atoms with Gasteiger partial charge in [0.2, 0.25) is 0 Å². The molecular formula is C13H17BrO2. The van der Waals surface area contributed by atoms with Crippen LogP contribution in [0.2, 0.25) is 0 Å². The standard InChI is InChI=1S/C13H17BrO2/c14-10-11-3-5-13(6-4-11)16-9-7-12-2-1-8-15-12/h3-6,12H,1-2,7-10H2. The van der Waals surface area contributed by atoms with E-state index in [0.717, 1.165) is 30.7 Å². The third kappa shape index (κ3) is 3.49. The van der Waals surface area contributed by atoms with Crippen molar-refractivity contribution in [2.45, 2.75) is 30.7 Å². The summed E-state index contributed by atoms with van der Waals surface area (Å²) in [5.41, 5.74) is 1.27. The lowest BCUT2D eigenvalue weighted by molar-refractivity contribution is 0.0903. The summed E-state index contributed by atoms with van der Waals surface area (Å²) in [6.07, 6.45) is 3.80. The van der Waals surface area contributed by atoms with Crippen LogP contribution in [0.1, 0.15) is 24.8 Å². The van der Waals surface area contributed by atoms with Crippen LogP contribution in [0.25, 0.3) is 0 Å². The molecular weight excluding hydrogens is 268 g/mol. The molecule has 16 heavy (non-hydrogen) atoms. The van der Waals surface area contributed by atoms with Crippen molar-refractivity contribution >= 4 is 15.9 Å². The number of ether oxygens (including phenoxy) is 2. The zero-order chi connectivity index (χ0) is 11.2. The Morgan fingerprint density at radius 1 is 1.31 bits per heavy atom. The number of hydrogen-bond donors (Lipinski definition) is 0. The number of hydrogen-bond acceptors (Lipinski definition) is 2. The molecule has 88 valence electrons. The summed E-state index contributed by atoms with van der Waals surface area (Å²) in [7, 11) is 0. The molecule has 0 amide bonds.